The maximum absolute atomic E-state index is 12.5. The highest BCUT2D eigenvalue weighted by Crippen LogP contribution is 2.40. The van der Waals surface area contributed by atoms with Crippen LogP contribution in [0, 0.1) is 5.92 Å². The number of amides is 3. The molecule has 0 radical (unpaired) electrons. The minimum absolute atomic E-state index is 0.139. The Bertz CT molecular complexity index is 906. The Balaban J connectivity index is 1.53. The van der Waals surface area contributed by atoms with Crippen molar-refractivity contribution in [2.75, 3.05) is 9.62 Å². The molecule has 5 nitrogen and oxygen atoms in total. The summed E-state index contributed by atoms with van der Waals surface area (Å²) in [6.45, 7) is 0. The van der Waals surface area contributed by atoms with Gasteiger partial charge in [-0.05, 0) is 65.8 Å². The van der Waals surface area contributed by atoms with Gasteiger partial charge < -0.3 is 11.1 Å². The van der Waals surface area contributed by atoms with E-state index in [4.69, 9.17) is 5.73 Å². The van der Waals surface area contributed by atoms with Crippen LogP contribution in [0.15, 0.2) is 36.4 Å². The second kappa shape index (κ2) is 7.27. The van der Waals surface area contributed by atoms with Crippen LogP contribution in [-0.4, -0.2) is 11.9 Å². The van der Waals surface area contributed by atoms with E-state index in [2.05, 4.69) is 30.3 Å². The highest BCUT2D eigenvalue weighted by molar-refractivity contribution is 7.82. The lowest BCUT2D eigenvalue weighted by molar-refractivity contribution is -0.120. The summed E-state index contributed by atoms with van der Waals surface area (Å²) in [5.41, 5.74) is 11.4. The molecule has 2 aromatic rings. The van der Waals surface area contributed by atoms with Gasteiger partial charge in [0.25, 0.3) is 0 Å². The molecule has 0 heterocycles. The first-order valence-electron chi connectivity index (χ1n) is 9.38. The highest BCUT2D eigenvalue weighted by atomic mass is 32.1. The van der Waals surface area contributed by atoms with E-state index in [0.29, 0.717) is 5.69 Å². The Morgan fingerprint density at radius 1 is 1.00 bits per heavy atom. The van der Waals surface area contributed by atoms with Crippen LogP contribution in [0.25, 0.3) is 11.1 Å². The van der Waals surface area contributed by atoms with Crippen LogP contribution in [-0.2, 0) is 11.2 Å². The van der Waals surface area contributed by atoms with Crippen LogP contribution in [0.1, 0.15) is 43.2 Å². The van der Waals surface area contributed by atoms with Crippen molar-refractivity contribution in [3.05, 3.63) is 47.5 Å². The molecule has 0 aliphatic heterocycles. The first-order valence-corrected chi connectivity index (χ1v) is 9.78. The normalized spacial score (nSPS) is 15.7. The van der Waals surface area contributed by atoms with Crippen LogP contribution in [0.4, 0.5) is 16.2 Å². The molecule has 3 N–H and O–H groups in total. The molecular formula is C21H23N3O2S. The summed E-state index contributed by atoms with van der Waals surface area (Å²) in [6, 6.07) is 11.2. The number of benzene rings is 2. The van der Waals surface area contributed by atoms with Gasteiger partial charge in [0.1, 0.15) is 0 Å². The Morgan fingerprint density at radius 3 is 2.37 bits per heavy atom. The van der Waals surface area contributed by atoms with Crippen molar-refractivity contribution >= 4 is 36.1 Å². The van der Waals surface area contributed by atoms with Gasteiger partial charge >= 0.3 is 6.03 Å². The van der Waals surface area contributed by atoms with Gasteiger partial charge in [-0.25, -0.2) is 9.10 Å². The van der Waals surface area contributed by atoms with Crippen molar-refractivity contribution in [3.8, 4) is 11.1 Å². The van der Waals surface area contributed by atoms with E-state index in [0.717, 1.165) is 58.8 Å². The van der Waals surface area contributed by atoms with Crippen molar-refractivity contribution in [3.63, 3.8) is 0 Å². The van der Waals surface area contributed by atoms with E-state index in [1.54, 1.807) is 0 Å². The predicted molar refractivity (Wildman–Crippen MR) is 111 cm³/mol. The Morgan fingerprint density at radius 2 is 1.67 bits per heavy atom. The van der Waals surface area contributed by atoms with Crippen LogP contribution in [0.5, 0.6) is 0 Å². The third kappa shape index (κ3) is 3.54. The van der Waals surface area contributed by atoms with Crippen molar-refractivity contribution in [1.29, 1.82) is 0 Å². The summed E-state index contributed by atoms with van der Waals surface area (Å²) in [6.07, 6.45) is 6.27. The van der Waals surface area contributed by atoms with Crippen LogP contribution in [0.2, 0.25) is 0 Å². The van der Waals surface area contributed by atoms with Gasteiger partial charge in [0.05, 0.1) is 5.69 Å². The number of nitrogens with two attached hydrogens (primary N) is 1. The van der Waals surface area contributed by atoms with Gasteiger partial charge in [-0.1, -0.05) is 44.2 Å². The smallest absolute Gasteiger partial charge is 0.329 e. The molecule has 0 atom stereocenters. The molecule has 4 rings (SSSR count). The van der Waals surface area contributed by atoms with Gasteiger partial charge in [-0.2, -0.15) is 0 Å². The molecule has 0 spiro atoms. The number of nitrogens with one attached hydrogen (secondary N) is 1. The van der Waals surface area contributed by atoms with Crippen molar-refractivity contribution in [1.82, 2.24) is 0 Å². The second-order valence-corrected chi connectivity index (χ2v) is 7.76. The van der Waals surface area contributed by atoms with E-state index in [9.17, 15) is 9.59 Å². The zero-order valence-corrected chi connectivity index (χ0v) is 16.0. The largest absolute Gasteiger partial charge is 0.350 e. The second-order valence-electron chi connectivity index (χ2n) is 7.36. The van der Waals surface area contributed by atoms with E-state index < -0.39 is 6.03 Å². The number of primary amides is 1. The monoisotopic (exact) mass is 381 g/mol. The molecular weight excluding hydrogens is 358 g/mol. The molecule has 6 heteroatoms. The van der Waals surface area contributed by atoms with Gasteiger partial charge in [0, 0.05) is 11.6 Å². The number of fused-ring (bicyclic) bond motifs is 3. The maximum atomic E-state index is 12.5. The SMILES string of the molecule is NC(=O)N(S)c1ccc2c(c1)Cc1cc(NC(=O)C3CCCCC3)ccc1-2. The van der Waals surface area contributed by atoms with Gasteiger partial charge in [0.2, 0.25) is 5.91 Å². The third-order valence-corrected chi connectivity index (χ3v) is 5.99. The lowest BCUT2D eigenvalue weighted by Gasteiger charge is -2.21. The first-order chi connectivity index (χ1) is 13.0. The summed E-state index contributed by atoms with van der Waals surface area (Å²) in [5.74, 6) is 0.279. The summed E-state index contributed by atoms with van der Waals surface area (Å²) in [5, 5.41) is 3.09. The van der Waals surface area contributed by atoms with E-state index >= 15 is 0 Å². The fourth-order valence-electron chi connectivity index (χ4n) is 4.14. The number of nitrogens with zero attached hydrogens (tertiary/aromatic N) is 1. The minimum Gasteiger partial charge on any atom is -0.350 e. The molecule has 0 aromatic heterocycles. The maximum Gasteiger partial charge on any atom is 0.329 e. The molecule has 2 aliphatic carbocycles. The van der Waals surface area contributed by atoms with Crippen molar-refractivity contribution in [2.45, 2.75) is 38.5 Å². The Labute approximate surface area is 164 Å². The molecule has 0 bridgehead atoms. The van der Waals surface area contributed by atoms with Crippen LogP contribution in [0.3, 0.4) is 0 Å². The number of thiol groups is 1. The van der Waals surface area contributed by atoms with Gasteiger partial charge in [0.15, 0.2) is 0 Å². The molecule has 0 saturated heterocycles. The lowest BCUT2D eigenvalue weighted by atomic mass is 9.88. The summed E-state index contributed by atoms with van der Waals surface area (Å²) in [4.78, 5) is 23.8. The summed E-state index contributed by atoms with van der Waals surface area (Å²) < 4.78 is 1.14. The molecule has 1 fully saturated rings. The lowest BCUT2D eigenvalue weighted by Crippen LogP contribution is -2.27. The number of rotatable bonds is 3. The minimum atomic E-state index is -0.610. The van der Waals surface area contributed by atoms with Crippen LogP contribution >= 0.6 is 12.8 Å². The van der Waals surface area contributed by atoms with Crippen molar-refractivity contribution in [2.24, 2.45) is 11.7 Å². The number of hydrogen-bond donors (Lipinski definition) is 3. The fraction of sp³-hybridized carbons (Fsp3) is 0.333. The zero-order chi connectivity index (χ0) is 19.0. The Hall–Kier alpha value is -2.47. The molecule has 0 unspecified atom stereocenters. The van der Waals surface area contributed by atoms with Gasteiger partial charge in [-0.15, -0.1) is 0 Å². The molecule has 3 amide bonds. The number of urea groups is 1. The average Bonchev–Trinajstić information content (AvgIpc) is 3.04. The van der Waals surface area contributed by atoms with Gasteiger partial charge in [-0.3, -0.25) is 4.79 Å². The Kier molecular flexibility index (Phi) is 4.83. The van der Waals surface area contributed by atoms with Crippen LogP contribution < -0.4 is 15.4 Å². The zero-order valence-electron chi connectivity index (χ0n) is 15.1. The third-order valence-electron chi connectivity index (χ3n) is 5.56. The molecule has 140 valence electrons. The number of carbonyl (C=O) groups excluding carboxylic acids is 2. The number of anilines is 2. The summed E-state index contributed by atoms with van der Waals surface area (Å²) >= 11 is 4.13. The van der Waals surface area contributed by atoms with E-state index in [-0.39, 0.29) is 11.8 Å². The number of carbonyl (C=O) groups is 2. The van der Waals surface area contributed by atoms with E-state index in [1.807, 2.05) is 24.3 Å². The standard InChI is InChI=1S/C21H23N3O2S/c22-21(26)24(27)17-7-9-19-15(12-17)10-14-11-16(6-8-18(14)19)23-20(25)13-4-2-1-3-5-13/h6-9,11-13,27H,1-5,10H2,(H2,22,26)(H,23,25). The molecule has 2 aliphatic rings. The number of hydrogen-bond acceptors (Lipinski definition) is 3. The summed E-state index contributed by atoms with van der Waals surface area (Å²) in [7, 11) is 0. The topological polar surface area (TPSA) is 75.4 Å². The molecule has 1 saturated carbocycles. The molecule has 27 heavy (non-hydrogen) atoms. The quantitative estimate of drug-likeness (QED) is 0.584. The van der Waals surface area contributed by atoms with E-state index in [1.165, 1.54) is 12.0 Å². The predicted octanol–water partition coefficient (Wildman–Crippen LogP) is 4.51. The highest BCUT2D eigenvalue weighted by Gasteiger charge is 2.23. The molecule has 2 aromatic carbocycles. The van der Waals surface area contributed by atoms with Crippen molar-refractivity contribution < 1.29 is 9.59 Å². The fourth-order valence-corrected chi connectivity index (χ4v) is 4.27. The first kappa shape index (κ1) is 17.9. The average molecular weight is 382 g/mol.